The molecule has 0 atom stereocenters. The largest absolute Gasteiger partial charge is 0.351 e. The van der Waals surface area contributed by atoms with E-state index in [1.807, 2.05) is 55.4 Å². The van der Waals surface area contributed by atoms with Crippen molar-refractivity contribution in [2.45, 2.75) is 20.8 Å². The lowest BCUT2D eigenvalue weighted by molar-refractivity contribution is 0.0988. The quantitative estimate of drug-likeness (QED) is 0.291. The van der Waals surface area contributed by atoms with E-state index in [1.54, 1.807) is 29.2 Å². The predicted octanol–water partition coefficient (Wildman–Crippen LogP) is 6.61. The SMILES string of the molecule is CN(C)c1nc(NCN(C(=O)c2ccccc2)c2ccc(F)cc2)c2cc(/C=C/C(C)(C)C)ccc2n1. The lowest BCUT2D eigenvalue weighted by Gasteiger charge is -2.24. The van der Waals surface area contributed by atoms with Crippen LogP contribution in [0, 0.1) is 11.2 Å². The van der Waals surface area contributed by atoms with E-state index in [1.165, 1.54) is 12.1 Å². The third kappa shape index (κ3) is 6.50. The molecule has 0 aliphatic rings. The first-order valence-electron chi connectivity index (χ1n) is 12.2. The highest BCUT2D eigenvalue weighted by Gasteiger charge is 2.19. The molecule has 0 bridgehead atoms. The van der Waals surface area contributed by atoms with Gasteiger partial charge in [-0.3, -0.25) is 9.69 Å². The van der Waals surface area contributed by atoms with Gasteiger partial charge in [-0.15, -0.1) is 0 Å². The zero-order chi connectivity index (χ0) is 26.6. The summed E-state index contributed by atoms with van der Waals surface area (Å²) in [5.74, 6) is 0.583. The maximum Gasteiger partial charge on any atom is 0.259 e. The number of rotatable bonds is 7. The summed E-state index contributed by atoms with van der Waals surface area (Å²) in [5, 5.41) is 4.20. The van der Waals surface area contributed by atoms with Crippen molar-refractivity contribution in [1.29, 1.82) is 0 Å². The summed E-state index contributed by atoms with van der Waals surface area (Å²) < 4.78 is 13.6. The van der Waals surface area contributed by atoms with E-state index in [4.69, 9.17) is 9.97 Å². The molecule has 1 aromatic heterocycles. The molecule has 3 aromatic carbocycles. The van der Waals surface area contributed by atoms with Gasteiger partial charge < -0.3 is 10.2 Å². The number of benzene rings is 3. The first-order valence-corrected chi connectivity index (χ1v) is 12.2. The Hall–Kier alpha value is -4.26. The van der Waals surface area contributed by atoms with Gasteiger partial charge in [0.05, 0.1) is 12.2 Å². The highest BCUT2D eigenvalue weighted by Crippen LogP contribution is 2.27. The maximum atomic E-state index is 13.6. The maximum absolute atomic E-state index is 13.6. The van der Waals surface area contributed by atoms with Gasteiger partial charge in [0.15, 0.2) is 0 Å². The number of halogens is 1. The minimum absolute atomic E-state index is 0.0504. The number of nitrogens with zero attached hydrogens (tertiary/aromatic N) is 4. The van der Waals surface area contributed by atoms with Crippen molar-refractivity contribution in [3.8, 4) is 0 Å². The summed E-state index contributed by atoms with van der Waals surface area (Å²) in [5.41, 5.74) is 2.97. The molecule has 0 saturated heterocycles. The topological polar surface area (TPSA) is 61.4 Å². The van der Waals surface area contributed by atoms with Crippen LogP contribution in [-0.2, 0) is 0 Å². The second-order valence-electron chi connectivity index (χ2n) is 10.2. The number of carbonyl (C=O) groups excluding carboxylic acids is 1. The van der Waals surface area contributed by atoms with Crippen molar-refractivity contribution in [2.24, 2.45) is 5.41 Å². The third-order valence-corrected chi connectivity index (χ3v) is 5.69. The van der Waals surface area contributed by atoms with Gasteiger partial charge in [-0.25, -0.2) is 9.37 Å². The summed E-state index contributed by atoms with van der Waals surface area (Å²) in [6, 6.07) is 20.9. The molecule has 4 aromatic rings. The molecule has 190 valence electrons. The number of anilines is 3. The minimum atomic E-state index is -0.364. The van der Waals surface area contributed by atoms with E-state index in [9.17, 15) is 9.18 Å². The average molecular weight is 498 g/mol. The van der Waals surface area contributed by atoms with Crippen molar-refractivity contribution >= 4 is 40.3 Å². The highest BCUT2D eigenvalue weighted by molar-refractivity contribution is 6.06. The van der Waals surface area contributed by atoms with Crippen LogP contribution in [0.15, 0.2) is 78.9 Å². The number of hydrogen-bond donors (Lipinski definition) is 1. The Kier molecular flexibility index (Phi) is 7.53. The van der Waals surface area contributed by atoms with Gasteiger partial charge in [-0.1, -0.05) is 57.2 Å². The van der Waals surface area contributed by atoms with E-state index < -0.39 is 0 Å². The second kappa shape index (κ2) is 10.8. The zero-order valence-electron chi connectivity index (χ0n) is 21.9. The Labute approximate surface area is 217 Å². The van der Waals surface area contributed by atoms with Crippen LogP contribution in [0.2, 0.25) is 0 Å². The van der Waals surface area contributed by atoms with E-state index >= 15 is 0 Å². The molecule has 0 fully saturated rings. The first kappa shape index (κ1) is 25.8. The summed E-state index contributed by atoms with van der Waals surface area (Å²) >= 11 is 0. The Bertz CT molecular complexity index is 1410. The Morgan fingerprint density at radius 3 is 2.32 bits per heavy atom. The number of hydrogen-bond acceptors (Lipinski definition) is 5. The van der Waals surface area contributed by atoms with Gasteiger partial charge in [0.1, 0.15) is 11.6 Å². The lowest BCUT2D eigenvalue weighted by atomic mass is 9.95. The molecule has 0 aliphatic carbocycles. The van der Waals surface area contributed by atoms with Gasteiger partial charge in [0, 0.05) is 30.7 Å². The Morgan fingerprint density at radius 2 is 1.68 bits per heavy atom. The van der Waals surface area contributed by atoms with E-state index in [0.717, 1.165) is 16.5 Å². The van der Waals surface area contributed by atoms with E-state index in [-0.39, 0.29) is 23.8 Å². The monoisotopic (exact) mass is 497 g/mol. The molecule has 0 unspecified atom stereocenters. The van der Waals surface area contributed by atoms with Gasteiger partial charge in [0.25, 0.3) is 5.91 Å². The van der Waals surface area contributed by atoms with Gasteiger partial charge in [0.2, 0.25) is 5.95 Å². The van der Waals surface area contributed by atoms with Crippen molar-refractivity contribution in [3.63, 3.8) is 0 Å². The summed E-state index contributed by atoms with van der Waals surface area (Å²) in [6.45, 7) is 6.58. The average Bonchev–Trinajstić information content (AvgIpc) is 2.88. The van der Waals surface area contributed by atoms with Crippen LogP contribution >= 0.6 is 0 Å². The molecule has 0 aliphatic heterocycles. The Morgan fingerprint density at radius 1 is 0.973 bits per heavy atom. The number of fused-ring (bicyclic) bond motifs is 1. The molecule has 1 heterocycles. The molecule has 37 heavy (non-hydrogen) atoms. The van der Waals surface area contributed by atoms with Crippen LogP contribution in [-0.4, -0.2) is 36.6 Å². The number of amides is 1. The number of nitrogens with one attached hydrogen (secondary N) is 1. The van der Waals surface area contributed by atoms with Crippen molar-refractivity contribution in [2.75, 3.05) is 35.9 Å². The van der Waals surface area contributed by atoms with Gasteiger partial charge in [-0.05, 0) is 59.5 Å². The zero-order valence-corrected chi connectivity index (χ0v) is 21.9. The fraction of sp³-hybridized carbons (Fsp3) is 0.233. The molecule has 0 saturated carbocycles. The minimum Gasteiger partial charge on any atom is -0.351 e. The molecule has 1 N–H and O–H groups in total. The molecule has 1 amide bonds. The normalized spacial score (nSPS) is 11.6. The van der Waals surface area contributed by atoms with Crippen LogP contribution < -0.4 is 15.1 Å². The fourth-order valence-electron chi connectivity index (χ4n) is 3.71. The summed E-state index contributed by atoms with van der Waals surface area (Å²) in [4.78, 5) is 26.3. The molecule has 4 rings (SSSR count). The molecular weight excluding hydrogens is 465 g/mol. The van der Waals surface area contributed by atoms with Crippen LogP contribution in [0.25, 0.3) is 17.0 Å². The second-order valence-corrected chi connectivity index (χ2v) is 10.2. The molecule has 7 heteroatoms. The standard InChI is InChI=1S/C30H32FN5O/c1-30(2,3)18-17-21-11-16-26-25(19-21)27(34-29(33-26)35(4)5)32-20-36(24-14-12-23(31)13-15-24)28(37)22-9-7-6-8-10-22/h6-19H,20H2,1-5H3,(H,32,33,34)/b18-17+. The smallest absolute Gasteiger partial charge is 0.259 e. The number of aromatic nitrogens is 2. The molecular formula is C30H32FN5O. The molecule has 0 spiro atoms. The Balaban J connectivity index is 1.73. The van der Waals surface area contributed by atoms with Crippen LogP contribution in [0.4, 0.5) is 21.8 Å². The third-order valence-electron chi connectivity index (χ3n) is 5.69. The number of allylic oxidation sites excluding steroid dienone is 1. The first-order chi connectivity index (χ1) is 17.6. The van der Waals surface area contributed by atoms with Crippen molar-refractivity contribution < 1.29 is 9.18 Å². The molecule has 0 radical (unpaired) electrons. The van der Waals surface area contributed by atoms with E-state index in [0.29, 0.717) is 23.0 Å². The van der Waals surface area contributed by atoms with Crippen LogP contribution in [0.5, 0.6) is 0 Å². The van der Waals surface area contributed by atoms with Crippen molar-refractivity contribution in [1.82, 2.24) is 9.97 Å². The van der Waals surface area contributed by atoms with Crippen LogP contribution in [0.1, 0.15) is 36.7 Å². The highest BCUT2D eigenvalue weighted by atomic mass is 19.1. The number of carbonyl (C=O) groups is 1. The molecule has 6 nitrogen and oxygen atoms in total. The fourth-order valence-corrected chi connectivity index (χ4v) is 3.71. The van der Waals surface area contributed by atoms with Gasteiger partial charge >= 0.3 is 0 Å². The lowest BCUT2D eigenvalue weighted by Crippen LogP contribution is -2.35. The van der Waals surface area contributed by atoms with Gasteiger partial charge in [-0.2, -0.15) is 4.98 Å². The summed E-state index contributed by atoms with van der Waals surface area (Å²) in [6.07, 6.45) is 4.25. The summed E-state index contributed by atoms with van der Waals surface area (Å²) in [7, 11) is 3.77. The predicted molar refractivity (Wildman–Crippen MR) is 150 cm³/mol. The van der Waals surface area contributed by atoms with E-state index in [2.05, 4.69) is 38.2 Å². The van der Waals surface area contributed by atoms with Crippen LogP contribution in [0.3, 0.4) is 0 Å². The van der Waals surface area contributed by atoms with Crippen molar-refractivity contribution in [3.05, 3.63) is 95.8 Å².